The molecule has 0 saturated heterocycles. The van der Waals surface area contributed by atoms with E-state index < -0.39 is 17.2 Å². The Morgan fingerprint density at radius 3 is 2.65 bits per heavy atom. The van der Waals surface area contributed by atoms with Gasteiger partial charge in [0.05, 0.1) is 33.2 Å². The fraction of sp³-hybridized carbons (Fsp3) is 0.0833. The Morgan fingerprint density at radius 1 is 1.03 bits per heavy atom. The zero-order chi connectivity index (χ0) is 24.0. The first kappa shape index (κ1) is 22.2. The van der Waals surface area contributed by atoms with E-state index in [1.807, 2.05) is 13.0 Å². The van der Waals surface area contributed by atoms with Crippen LogP contribution in [0.3, 0.4) is 0 Å². The molecule has 5 aromatic rings. The predicted octanol–water partition coefficient (Wildman–Crippen LogP) is 5.15. The molecule has 0 amide bonds. The molecular weight excluding hydrogens is 482 g/mol. The standard InChI is InChI=1S/C24H15ClF2N4O2S/c1-12-3-2-4-15-21(12)29-20(30-22(15)32)11-34-24-28-18-7-5-13(25)9-16(18)23(33)31(24)19-8-6-14(26)10-17(19)27/h2-10H,11H2,1H3,(H,29,30,32). The molecule has 0 bridgehead atoms. The summed E-state index contributed by atoms with van der Waals surface area (Å²) in [6, 6.07) is 12.9. The number of H-pyrrole nitrogens is 1. The number of aryl methyl sites for hydroxylation is 1. The molecule has 0 aliphatic heterocycles. The van der Waals surface area contributed by atoms with Gasteiger partial charge in [-0.25, -0.2) is 18.7 Å². The summed E-state index contributed by atoms with van der Waals surface area (Å²) in [6.07, 6.45) is 0. The third-order valence-electron chi connectivity index (χ3n) is 5.28. The molecule has 0 atom stereocenters. The van der Waals surface area contributed by atoms with Crippen LogP contribution in [0.4, 0.5) is 8.78 Å². The largest absolute Gasteiger partial charge is 0.309 e. The Balaban J connectivity index is 1.65. The lowest BCUT2D eigenvalue weighted by Gasteiger charge is -2.14. The lowest BCUT2D eigenvalue weighted by Crippen LogP contribution is -2.23. The molecular formula is C24H15ClF2N4O2S. The van der Waals surface area contributed by atoms with Crippen molar-refractivity contribution in [1.82, 2.24) is 19.5 Å². The van der Waals surface area contributed by atoms with Gasteiger partial charge in [-0.05, 0) is 48.9 Å². The summed E-state index contributed by atoms with van der Waals surface area (Å²) >= 11 is 7.14. The van der Waals surface area contributed by atoms with Gasteiger partial charge in [-0.3, -0.25) is 14.2 Å². The molecule has 0 saturated carbocycles. The molecule has 3 aromatic carbocycles. The molecule has 34 heavy (non-hydrogen) atoms. The van der Waals surface area contributed by atoms with Crippen molar-refractivity contribution in [2.45, 2.75) is 17.8 Å². The van der Waals surface area contributed by atoms with Crippen LogP contribution in [-0.4, -0.2) is 19.5 Å². The molecule has 2 heterocycles. The van der Waals surface area contributed by atoms with Gasteiger partial charge in [-0.15, -0.1) is 0 Å². The van der Waals surface area contributed by atoms with Crippen LogP contribution in [-0.2, 0) is 5.75 Å². The van der Waals surface area contributed by atoms with E-state index in [9.17, 15) is 18.4 Å². The molecule has 0 spiro atoms. The second kappa shape index (κ2) is 8.66. The van der Waals surface area contributed by atoms with Gasteiger partial charge in [0.15, 0.2) is 5.16 Å². The Kier molecular flexibility index (Phi) is 5.66. The number of hydrogen-bond acceptors (Lipinski definition) is 5. The average Bonchev–Trinajstić information content (AvgIpc) is 2.80. The van der Waals surface area contributed by atoms with Crippen LogP contribution >= 0.6 is 23.4 Å². The number of fused-ring (bicyclic) bond motifs is 2. The third-order valence-corrected chi connectivity index (χ3v) is 6.46. The van der Waals surface area contributed by atoms with Gasteiger partial charge in [-0.1, -0.05) is 35.5 Å². The van der Waals surface area contributed by atoms with Crippen LogP contribution in [0.5, 0.6) is 0 Å². The maximum absolute atomic E-state index is 14.7. The zero-order valence-electron chi connectivity index (χ0n) is 17.6. The highest BCUT2D eigenvalue weighted by molar-refractivity contribution is 7.98. The Bertz CT molecular complexity index is 1720. The number of benzene rings is 3. The van der Waals surface area contributed by atoms with Crippen molar-refractivity contribution < 1.29 is 8.78 Å². The van der Waals surface area contributed by atoms with E-state index in [0.29, 0.717) is 33.3 Å². The fourth-order valence-corrected chi connectivity index (χ4v) is 4.71. The number of aromatic nitrogens is 4. The van der Waals surface area contributed by atoms with Crippen molar-refractivity contribution >= 4 is 45.2 Å². The molecule has 0 fully saturated rings. The van der Waals surface area contributed by atoms with Crippen LogP contribution in [0.25, 0.3) is 27.5 Å². The van der Waals surface area contributed by atoms with Gasteiger partial charge < -0.3 is 4.98 Å². The topological polar surface area (TPSA) is 80.6 Å². The minimum atomic E-state index is -0.917. The number of rotatable bonds is 4. The van der Waals surface area contributed by atoms with Crippen molar-refractivity contribution in [3.05, 3.63) is 103 Å². The smallest absolute Gasteiger partial charge is 0.266 e. The first-order valence-corrected chi connectivity index (χ1v) is 11.5. The second-order valence-electron chi connectivity index (χ2n) is 7.56. The number of halogens is 3. The van der Waals surface area contributed by atoms with Gasteiger partial charge in [0, 0.05) is 11.1 Å². The first-order chi connectivity index (χ1) is 16.3. The molecule has 5 rings (SSSR count). The second-order valence-corrected chi connectivity index (χ2v) is 8.94. The van der Waals surface area contributed by atoms with Gasteiger partial charge >= 0.3 is 0 Å². The van der Waals surface area contributed by atoms with Crippen molar-refractivity contribution in [1.29, 1.82) is 0 Å². The average molecular weight is 497 g/mol. The van der Waals surface area contributed by atoms with E-state index in [1.165, 1.54) is 12.1 Å². The quantitative estimate of drug-likeness (QED) is 0.275. The Morgan fingerprint density at radius 2 is 1.85 bits per heavy atom. The van der Waals surface area contributed by atoms with E-state index in [4.69, 9.17) is 11.6 Å². The summed E-state index contributed by atoms with van der Waals surface area (Å²) in [5.41, 5.74) is 0.792. The molecule has 0 unspecified atom stereocenters. The highest BCUT2D eigenvalue weighted by Crippen LogP contribution is 2.26. The predicted molar refractivity (Wildman–Crippen MR) is 129 cm³/mol. The van der Waals surface area contributed by atoms with Gasteiger partial charge in [0.25, 0.3) is 11.1 Å². The number of nitrogens with zero attached hydrogens (tertiary/aromatic N) is 3. The van der Waals surface area contributed by atoms with Crippen LogP contribution in [0.15, 0.2) is 69.3 Å². The van der Waals surface area contributed by atoms with Crippen LogP contribution in [0.1, 0.15) is 11.4 Å². The monoisotopic (exact) mass is 496 g/mol. The van der Waals surface area contributed by atoms with E-state index >= 15 is 0 Å². The van der Waals surface area contributed by atoms with Crippen LogP contribution in [0, 0.1) is 18.6 Å². The highest BCUT2D eigenvalue weighted by atomic mass is 35.5. The molecule has 170 valence electrons. The first-order valence-electron chi connectivity index (χ1n) is 10.1. The Hall–Kier alpha value is -3.56. The zero-order valence-corrected chi connectivity index (χ0v) is 19.2. The number of aromatic amines is 1. The summed E-state index contributed by atoms with van der Waals surface area (Å²) in [7, 11) is 0. The van der Waals surface area contributed by atoms with Crippen molar-refractivity contribution in [2.75, 3.05) is 0 Å². The lowest BCUT2D eigenvalue weighted by molar-refractivity contribution is 0.572. The van der Waals surface area contributed by atoms with E-state index in [1.54, 1.807) is 24.3 Å². The van der Waals surface area contributed by atoms with Crippen LogP contribution in [0.2, 0.25) is 5.02 Å². The van der Waals surface area contributed by atoms with E-state index in [-0.39, 0.29) is 27.5 Å². The van der Waals surface area contributed by atoms with E-state index in [0.717, 1.165) is 28.0 Å². The summed E-state index contributed by atoms with van der Waals surface area (Å²) in [5.74, 6) is -1.17. The van der Waals surface area contributed by atoms with Gasteiger partial charge in [0.2, 0.25) is 0 Å². The number of hydrogen-bond donors (Lipinski definition) is 1. The third kappa shape index (κ3) is 3.97. The SMILES string of the molecule is Cc1cccc2c(=O)[nH]c(CSc3nc4ccc(Cl)cc4c(=O)n3-c3ccc(F)cc3F)nc12. The molecule has 1 N–H and O–H groups in total. The minimum Gasteiger partial charge on any atom is -0.309 e. The fourth-order valence-electron chi connectivity index (χ4n) is 3.66. The maximum atomic E-state index is 14.7. The van der Waals surface area contributed by atoms with Gasteiger partial charge in [0.1, 0.15) is 17.5 Å². The van der Waals surface area contributed by atoms with Crippen molar-refractivity contribution in [3.63, 3.8) is 0 Å². The Labute approximate surface area is 200 Å². The van der Waals surface area contributed by atoms with E-state index in [2.05, 4.69) is 15.0 Å². The van der Waals surface area contributed by atoms with Gasteiger partial charge in [-0.2, -0.15) is 0 Å². The number of para-hydroxylation sites is 1. The normalized spacial score (nSPS) is 11.4. The molecule has 2 aromatic heterocycles. The molecule has 0 radical (unpaired) electrons. The maximum Gasteiger partial charge on any atom is 0.266 e. The van der Waals surface area contributed by atoms with Crippen LogP contribution < -0.4 is 11.1 Å². The molecule has 10 heteroatoms. The molecule has 6 nitrogen and oxygen atoms in total. The summed E-state index contributed by atoms with van der Waals surface area (Å²) in [5, 5.41) is 1.14. The summed E-state index contributed by atoms with van der Waals surface area (Å²) in [4.78, 5) is 37.7. The van der Waals surface area contributed by atoms with Crippen molar-refractivity contribution in [3.8, 4) is 5.69 Å². The number of nitrogens with one attached hydrogen (secondary N) is 1. The summed E-state index contributed by atoms with van der Waals surface area (Å²) < 4.78 is 29.3. The molecule has 0 aliphatic rings. The lowest BCUT2D eigenvalue weighted by atomic mass is 10.1. The minimum absolute atomic E-state index is 0.147. The summed E-state index contributed by atoms with van der Waals surface area (Å²) in [6.45, 7) is 1.86. The number of thioether (sulfide) groups is 1. The van der Waals surface area contributed by atoms with Crippen molar-refractivity contribution in [2.24, 2.45) is 0 Å². The molecule has 0 aliphatic carbocycles. The highest BCUT2D eigenvalue weighted by Gasteiger charge is 2.18.